The molecule has 160 valence electrons. The summed E-state index contributed by atoms with van der Waals surface area (Å²) >= 11 is 0. The van der Waals surface area contributed by atoms with Crippen molar-refractivity contribution in [3.8, 4) is 11.3 Å². The monoisotopic (exact) mass is 423 g/mol. The molecule has 1 atom stereocenters. The van der Waals surface area contributed by atoms with E-state index in [0.29, 0.717) is 28.8 Å². The van der Waals surface area contributed by atoms with Gasteiger partial charge in [-0.25, -0.2) is 18.7 Å². The zero-order chi connectivity index (χ0) is 21.4. The third-order valence-electron chi connectivity index (χ3n) is 5.74. The van der Waals surface area contributed by atoms with E-state index in [1.165, 1.54) is 6.07 Å². The van der Waals surface area contributed by atoms with Crippen molar-refractivity contribution in [2.24, 2.45) is 0 Å². The summed E-state index contributed by atoms with van der Waals surface area (Å²) in [6, 6.07) is 2.76. The first-order valence-corrected chi connectivity index (χ1v) is 10.4. The quantitative estimate of drug-likeness (QED) is 0.514. The van der Waals surface area contributed by atoms with Crippen molar-refractivity contribution in [3.05, 3.63) is 60.3 Å². The molecule has 5 rings (SSSR count). The topological polar surface area (TPSA) is 72.1 Å². The minimum atomic E-state index is -0.639. The summed E-state index contributed by atoms with van der Waals surface area (Å²) in [6.45, 7) is 3.64. The summed E-state index contributed by atoms with van der Waals surface area (Å²) in [5.74, 6) is -0.675. The van der Waals surface area contributed by atoms with Gasteiger partial charge in [-0.2, -0.15) is 5.10 Å². The molecule has 7 nitrogen and oxygen atoms in total. The predicted octanol–water partition coefficient (Wildman–Crippen LogP) is 4.24. The van der Waals surface area contributed by atoms with Crippen molar-refractivity contribution in [2.75, 3.05) is 18.4 Å². The Morgan fingerprint density at radius 1 is 1.10 bits per heavy atom. The number of anilines is 2. The molecule has 0 saturated carbocycles. The van der Waals surface area contributed by atoms with Gasteiger partial charge in [0.2, 0.25) is 0 Å². The molecule has 0 spiro atoms. The average molecular weight is 423 g/mol. The van der Waals surface area contributed by atoms with E-state index in [9.17, 15) is 8.78 Å². The first kappa shape index (κ1) is 19.6. The van der Waals surface area contributed by atoms with Crippen LogP contribution in [0.25, 0.3) is 16.9 Å². The van der Waals surface area contributed by atoms with Crippen LogP contribution in [0.1, 0.15) is 30.9 Å². The number of fused-ring (bicyclic) bond motifs is 1. The predicted molar refractivity (Wildman–Crippen MR) is 114 cm³/mol. The van der Waals surface area contributed by atoms with E-state index in [2.05, 4.69) is 25.7 Å². The molecule has 2 N–H and O–H groups in total. The number of aryl methyl sites for hydroxylation is 1. The molecule has 1 aliphatic heterocycles. The van der Waals surface area contributed by atoms with Crippen LogP contribution in [-0.2, 0) is 0 Å². The van der Waals surface area contributed by atoms with Gasteiger partial charge in [0.15, 0.2) is 11.5 Å². The Morgan fingerprint density at radius 2 is 2.00 bits per heavy atom. The second-order valence-corrected chi connectivity index (χ2v) is 7.86. The number of rotatable bonds is 4. The fourth-order valence-electron chi connectivity index (χ4n) is 4.06. The van der Waals surface area contributed by atoms with E-state index < -0.39 is 11.6 Å². The lowest BCUT2D eigenvalue weighted by Crippen LogP contribution is -2.15. The second kappa shape index (κ2) is 8.07. The van der Waals surface area contributed by atoms with Crippen LogP contribution in [0.15, 0.2) is 43.1 Å². The second-order valence-electron chi connectivity index (χ2n) is 7.86. The highest BCUT2D eigenvalue weighted by Gasteiger charge is 2.17. The Balaban J connectivity index is 1.46. The molecule has 31 heavy (non-hydrogen) atoms. The first-order valence-electron chi connectivity index (χ1n) is 10.4. The molecule has 0 amide bonds. The van der Waals surface area contributed by atoms with Gasteiger partial charge in [-0.05, 0) is 50.9 Å². The fourth-order valence-corrected chi connectivity index (χ4v) is 4.06. The molecular formula is C22H23F2N7. The number of halogens is 2. The van der Waals surface area contributed by atoms with Gasteiger partial charge in [-0.1, -0.05) is 0 Å². The van der Waals surface area contributed by atoms with E-state index in [1.54, 1.807) is 36.1 Å². The maximum Gasteiger partial charge on any atom is 0.180 e. The van der Waals surface area contributed by atoms with Crippen molar-refractivity contribution < 1.29 is 8.78 Å². The van der Waals surface area contributed by atoms with Gasteiger partial charge in [0, 0.05) is 30.2 Å². The van der Waals surface area contributed by atoms with Gasteiger partial charge in [0.25, 0.3) is 0 Å². The Kier molecular flexibility index (Phi) is 5.11. The number of aromatic nitrogens is 5. The molecule has 4 aromatic rings. The molecule has 1 aromatic carbocycles. The molecule has 0 radical (unpaired) electrons. The van der Waals surface area contributed by atoms with E-state index in [4.69, 9.17) is 0 Å². The summed E-state index contributed by atoms with van der Waals surface area (Å²) in [4.78, 5) is 8.86. The average Bonchev–Trinajstić information content (AvgIpc) is 3.35. The number of hydrogen-bond donors (Lipinski definition) is 2. The van der Waals surface area contributed by atoms with Crippen LogP contribution in [0, 0.1) is 18.6 Å². The van der Waals surface area contributed by atoms with Gasteiger partial charge in [-0.15, -0.1) is 0 Å². The van der Waals surface area contributed by atoms with Crippen LogP contribution in [0.4, 0.5) is 20.3 Å². The van der Waals surface area contributed by atoms with E-state index in [0.717, 1.165) is 44.1 Å². The summed E-state index contributed by atoms with van der Waals surface area (Å²) in [5.41, 5.74) is 2.50. The van der Waals surface area contributed by atoms with E-state index in [1.807, 2.05) is 10.9 Å². The molecule has 1 aliphatic rings. The van der Waals surface area contributed by atoms with Crippen LogP contribution in [0.3, 0.4) is 0 Å². The van der Waals surface area contributed by atoms with Crippen LogP contribution in [-0.4, -0.2) is 37.2 Å². The third-order valence-corrected chi connectivity index (χ3v) is 5.74. The SMILES string of the molecule is Cc1cc(-c2cnc(Nc3cnn([C@H]4CCCNCC4)c3)c3nccn23)c(F)cc1F. The number of nitrogens with zero attached hydrogens (tertiary/aromatic N) is 5. The molecule has 4 heterocycles. The number of nitrogens with one attached hydrogen (secondary N) is 2. The van der Waals surface area contributed by atoms with Crippen molar-refractivity contribution >= 4 is 17.2 Å². The standard InChI is InChI=1S/C22H23F2N7/c1-14-9-17(19(24)10-18(14)23)20-12-27-21(22-26-7-8-30(20)22)29-15-11-28-31(13-15)16-3-2-5-25-6-4-16/h7-13,16,25H,2-6H2,1H3,(H,27,29)/t16-/m0/s1. The lowest BCUT2D eigenvalue weighted by molar-refractivity contribution is 0.414. The van der Waals surface area contributed by atoms with Gasteiger partial charge in [0.1, 0.15) is 11.6 Å². The smallest absolute Gasteiger partial charge is 0.180 e. The van der Waals surface area contributed by atoms with Crippen LogP contribution >= 0.6 is 0 Å². The molecular weight excluding hydrogens is 400 g/mol. The highest BCUT2D eigenvalue weighted by Crippen LogP contribution is 2.29. The van der Waals surface area contributed by atoms with Gasteiger partial charge in [-0.3, -0.25) is 9.08 Å². The molecule has 0 aliphatic carbocycles. The van der Waals surface area contributed by atoms with Gasteiger partial charge < -0.3 is 10.6 Å². The maximum atomic E-state index is 14.5. The lowest BCUT2D eigenvalue weighted by Gasteiger charge is -2.14. The summed E-state index contributed by atoms with van der Waals surface area (Å²) < 4.78 is 31.9. The lowest BCUT2D eigenvalue weighted by atomic mass is 10.1. The number of benzene rings is 1. The summed E-state index contributed by atoms with van der Waals surface area (Å²) in [5, 5.41) is 11.2. The normalized spacial score (nSPS) is 17.1. The van der Waals surface area contributed by atoms with Gasteiger partial charge >= 0.3 is 0 Å². The van der Waals surface area contributed by atoms with Crippen molar-refractivity contribution in [1.29, 1.82) is 0 Å². The third kappa shape index (κ3) is 3.76. The zero-order valence-electron chi connectivity index (χ0n) is 17.1. The van der Waals surface area contributed by atoms with E-state index in [-0.39, 0.29) is 5.56 Å². The Bertz CT molecular complexity index is 1220. The minimum Gasteiger partial charge on any atom is -0.335 e. The highest BCUT2D eigenvalue weighted by molar-refractivity contribution is 5.74. The minimum absolute atomic E-state index is 0.274. The first-order chi connectivity index (χ1) is 15.1. The van der Waals surface area contributed by atoms with E-state index >= 15 is 0 Å². The van der Waals surface area contributed by atoms with Gasteiger partial charge in [0.05, 0.1) is 29.8 Å². The van der Waals surface area contributed by atoms with Crippen molar-refractivity contribution in [1.82, 2.24) is 29.5 Å². The largest absolute Gasteiger partial charge is 0.335 e. The maximum absolute atomic E-state index is 14.5. The Morgan fingerprint density at radius 3 is 2.90 bits per heavy atom. The number of imidazole rings is 1. The molecule has 0 unspecified atom stereocenters. The van der Waals surface area contributed by atoms with Crippen molar-refractivity contribution in [2.45, 2.75) is 32.2 Å². The summed E-state index contributed by atoms with van der Waals surface area (Å²) in [7, 11) is 0. The number of hydrogen-bond acceptors (Lipinski definition) is 5. The van der Waals surface area contributed by atoms with Crippen molar-refractivity contribution in [3.63, 3.8) is 0 Å². The molecule has 1 saturated heterocycles. The van der Waals surface area contributed by atoms with Crippen LogP contribution in [0.2, 0.25) is 0 Å². The van der Waals surface area contributed by atoms with Crippen LogP contribution in [0.5, 0.6) is 0 Å². The molecule has 9 heteroatoms. The Hall–Kier alpha value is -3.33. The highest BCUT2D eigenvalue weighted by atomic mass is 19.1. The Labute approximate surface area is 178 Å². The molecule has 3 aromatic heterocycles. The fraction of sp³-hybridized carbons (Fsp3) is 0.318. The zero-order valence-corrected chi connectivity index (χ0v) is 17.1. The molecule has 0 bridgehead atoms. The summed E-state index contributed by atoms with van der Waals surface area (Å²) in [6.07, 6.45) is 11.9. The molecule has 1 fully saturated rings. The van der Waals surface area contributed by atoms with Crippen LogP contribution < -0.4 is 10.6 Å².